The van der Waals surface area contributed by atoms with Crippen molar-refractivity contribution in [3.05, 3.63) is 29.3 Å². The molecule has 0 spiro atoms. The first-order valence-corrected chi connectivity index (χ1v) is 7.24. The quantitative estimate of drug-likeness (QED) is 0.908. The van der Waals surface area contributed by atoms with Crippen molar-refractivity contribution in [2.24, 2.45) is 5.73 Å². The van der Waals surface area contributed by atoms with E-state index in [2.05, 4.69) is 32.0 Å². The van der Waals surface area contributed by atoms with Gasteiger partial charge in [-0.25, -0.2) is 0 Å². The van der Waals surface area contributed by atoms with Gasteiger partial charge in [-0.3, -0.25) is 4.79 Å². The second-order valence-electron chi connectivity index (χ2n) is 5.65. The normalized spacial score (nSPS) is 16.4. The Kier molecular flexibility index (Phi) is 4.25. The first-order valence-electron chi connectivity index (χ1n) is 7.24. The zero-order valence-electron chi connectivity index (χ0n) is 12.1. The summed E-state index contributed by atoms with van der Waals surface area (Å²) in [5, 5.41) is 0. The van der Waals surface area contributed by atoms with E-state index < -0.39 is 0 Å². The third kappa shape index (κ3) is 2.81. The van der Waals surface area contributed by atoms with Crippen LogP contribution >= 0.6 is 0 Å². The third-order valence-electron chi connectivity index (χ3n) is 3.91. The van der Waals surface area contributed by atoms with Crippen molar-refractivity contribution in [3.63, 3.8) is 0 Å². The van der Waals surface area contributed by atoms with E-state index in [1.54, 1.807) is 0 Å². The van der Waals surface area contributed by atoms with Gasteiger partial charge in [0.2, 0.25) is 5.91 Å². The molecule has 3 nitrogen and oxygen atoms in total. The Hall–Kier alpha value is -1.35. The molecule has 104 valence electrons. The lowest BCUT2D eigenvalue weighted by Crippen LogP contribution is -2.45. The van der Waals surface area contributed by atoms with Crippen molar-refractivity contribution in [3.8, 4) is 0 Å². The van der Waals surface area contributed by atoms with E-state index in [0.29, 0.717) is 12.3 Å². The minimum Gasteiger partial charge on any atom is -0.320 e. The second kappa shape index (κ2) is 5.74. The van der Waals surface area contributed by atoms with Crippen LogP contribution in [0.4, 0.5) is 5.69 Å². The number of nitrogens with zero attached hydrogens (tertiary/aromatic N) is 1. The smallest absolute Gasteiger partial charge is 0.243 e. The molecule has 0 unspecified atom stereocenters. The largest absolute Gasteiger partial charge is 0.320 e. The molecular formula is C16H24N2O. The van der Waals surface area contributed by atoms with Gasteiger partial charge in [0.25, 0.3) is 0 Å². The van der Waals surface area contributed by atoms with Crippen molar-refractivity contribution >= 4 is 11.6 Å². The van der Waals surface area contributed by atoms with Crippen LogP contribution in [0, 0.1) is 0 Å². The molecule has 19 heavy (non-hydrogen) atoms. The zero-order valence-corrected chi connectivity index (χ0v) is 12.1. The second-order valence-corrected chi connectivity index (χ2v) is 5.65. The Morgan fingerprint density at radius 2 is 2.16 bits per heavy atom. The zero-order chi connectivity index (χ0) is 14.0. The molecule has 1 aliphatic rings. The Balaban J connectivity index is 2.32. The summed E-state index contributed by atoms with van der Waals surface area (Å²) in [5.41, 5.74) is 9.58. The van der Waals surface area contributed by atoms with Crippen LogP contribution in [0.3, 0.4) is 0 Å². The molecule has 1 aromatic carbocycles. The number of aryl methyl sites for hydroxylation is 1. The number of nitrogens with two attached hydrogens (primary N) is 1. The van der Waals surface area contributed by atoms with Gasteiger partial charge in [-0.2, -0.15) is 0 Å². The molecule has 1 heterocycles. The van der Waals surface area contributed by atoms with Gasteiger partial charge < -0.3 is 10.6 Å². The molecule has 2 N–H and O–H groups in total. The van der Waals surface area contributed by atoms with Gasteiger partial charge in [0.1, 0.15) is 0 Å². The SMILES string of the molecule is CC[C@H](N)C(=O)N1CCCc2cc(C(C)C)ccc21. The fraction of sp³-hybridized carbons (Fsp3) is 0.562. The van der Waals surface area contributed by atoms with Crippen LogP contribution < -0.4 is 10.6 Å². The third-order valence-corrected chi connectivity index (χ3v) is 3.91. The van der Waals surface area contributed by atoms with Crippen molar-refractivity contribution < 1.29 is 4.79 Å². The standard InChI is InChI=1S/C16H24N2O/c1-4-14(17)16(19)18-9-5-6-13-10-12(11(2)3)7-8-15(13)18/h7-8,10-11,14H,4-6,9,17H2,1-3H3/t14-/m0/s1. The minimum absolute atomic E-state index is 0.0562. The maximum absolute atomic E-state index is 12.3. The summed E-state index contributed by atoms with van der Waals surface area (Å²) in [6.07, 6.45) is 2.77. The lowest BCUT2D eigenvalue weighted by molar-refractivity contribution is -0.120. The van der Waals surface area contributed by atoms with Crippen molar-refractivity contribution in [1.29, 1.82) is 0 Å². The van der Waals surface area contributed by atoms with Gasteiger partial charge in [0.05, 0.1) is 6.04 Å². The number of fused-ring (bicyclic) bond motifs is 1. The van der Waals surface area contributed by atoms with Crippen molar-refractivity contribution in [2.75, 3.05) is 11.4 Å². The summed E-state index contributed by atoms with van der Waals surface area (Å²) in [6.45, 7) is 7.14. The molecule has 1 aliphatic heterocycles. The number of rotatable bonds is 3. The maximum atomic E-state index is 12.3. The fourth-order valence-corrected chi connectivity index (χ4v) is 2.58. The molecule has 0 fully saturated rings. The van der Waals surface area contributed by atoms with E-state index in [0.717, 1.165) is 25.1 Å². The first-order chi connectivity index (χ1) is 9.04. The fourth-order valence-electron chi connectivity index (χ4n) is 2.58. The van der Waals surface area contributed by atoms with Crippen LogP contribution in [0.15, 0.2) is 18.2 Å². The van der Waals surface area contributed by atoms with E-state index in [9.17, 15) is 4.79 Å². The van der Waals surface area contributed by atoms with Gasteiger partial charge >= 0.3 is 0 Å². The average Bonchev–Trinajstić information content (AvgIpc) is 2.44. The minimum atomic E-state index is -0.379. The Labute approximate surface area is 115 Å². The number of amides is 1. The van der Waals surface area contributed by atoms with Gasteiger partial charge in [0, 0.05) is 12.2 Å². The predicted octanol–water partition coefficient (Wildman–Crippen LogP) is 2.83. The van der Waals surface area contributed by atoms with E-state index in [1.165, 1.54) is 11.1 Å². The summed E-state index contributed by atoms with van der Waals surface area (Å²) in [6, 6.07) is 6.09. The molecule has 1 amide bonds. The Morgan fingerprint density at radius 1 is 1.42 bits per heavy atom. The summed E-state index contributed by atoms with van der Waals surface area (Å²) in [7, 11) is 0. The Bertz CT molecular complexity index is 468. The monoisotopic (exact) mass is 260 g/mol. The highest BCUT2D eigenvalue weighted by molar-refractivity contribution is 5.98. The number of hydrogen-bond donors (Lipinski definition) is 1. The maximum Gasteiger partial charge on any atom is 0.243 e. The van der Waals surface area contributed by atoms with Crippen LogP contribution in [0.5, 0.6) is 0 Å². The molecule has 0 saturated heterocycles. The van der Waals surface area contributed by atoms with Crippen molar-refractivity contribution in [2.45, 2.75) is 52.0 Å². The number of anilines is 1. The van der Waals surface area contributed by atoms with E-state index in [1.807, 2.05) is 11.8 Å². The van der Waals surface area contributed by atoms with Gasteiger partial charge in [0.15, 0.2) is 0 Å². The number of carbonyl (C=O) groups is 1. The molecule has 0 radical (unpaired) electrons. The lowest BCUT2D eigenvalue weighted by atomic mass is 9.94. The summed E-state index contributed by atoms with van der Waals surface area (Å²) in [5.74, 6) is 0.579. The Morgan fingerprint density at radius 3 is 2.79 bits per heavy atom. The summed E-state index contributed by atoms with van der Waals surface area (Å²) in [4.78, 5) is 14.2. The van der Waals surface area contributed by atoms with Crippen LogP contribution in [-0.4, -0.2) is 18.5 Å². The number of carbonyl (C=O) groups excluding carboxylic acids is 1. The van der Waals surface area contributed by atoms with Crippen LogP contribution in [0.25, 0.3) is 0 Å². The molecule has 0 bridgehead atoms. The molecule has 1 atom stereocenters. The molecule has 0 aliphatic carbocycles. The van der Waals surface area contributed by atoms with Gasteiger partial charge in [-0.15, -0.1) is 0 Å². The van der Waals surface area contributed by atoms with Crippen molar-refractivity contribution in [1.82, 2.24) is 0 Å². The number of hydrogen-bond acceptors (Lipinski definition) is 2. The van der Waals surface area contributed by atoms with E-state index in [4.69, 9.17) is 5.73 Å². The average molecular weight is 260 g/mol. The van der Waals surface area contributed by atoms with Crippen LogP contribution in [0.2, 0.25) is 0 Å². The lowest BCUT2D eigenvalue weighted by Gasteiger charge is -2.31. The summed E-state index contributed by atoms with van der Waals surface area (Å²) >= 11 is 0. The predicted molar refractivity (Wildman–Crippen MR) is 79.5 cm³/mol. The van der Waals surface area contributed by atoms with E-state index in [-0.39, 0.29) is 11.9 Å². The highest BCUT2D eigenvalue weighted by Gasteiger charge is 2.25. The first kappa shape index (κ1) is 14.1. The molecule has 1 aromatic rings. The highest BCUT2D eigenvalue weighted by Crippen LogP contribution is 2.30. The van der Waals surface area contributed by atoms with E-state index >= 15 is 0 Å². The molecule has 3 heteroatoms. The molecular weight excluding hydrogens is 236 g/mol. The highest BCUT2D eigenvalue weighted by atomic mass is 16.2. The van der Waals surface area contributed by atoms with Crippen LogP contribution in [-0.2, 0) is 11.2 Å². The van der Waals surface area contributed by atoms with Crippen LogP contribution in [0.1, 0.15) is 50.7 Å². The topological polar surface area (TPSA) is 46.3 Å². The molecule has 0 aromatic heterocycles. The number of benzene rings is 1. The van der Waals surface area contributed by atoms with Gasteiger partial charge in [-0.05, 0) is 42.4 Å². The van der Waals surface area contributed by atoms with Gasteiger partial charge in [-0.1, -0.05) is 32.9 Å². The summed E-state index contributed by atoms with van der Waals surface area (Å²) < 4.78 is 0. The molecule has 0 saturated carbocycles. The molecule has 2 rings (SSSR count).